The third kappa shape index (κ3) is 8.75. The van der Waals surface area contributed by atoms with Crippen LogP contribution in [0.2, 0.25) is 0 Å². The fraction of sp³-hybridized carbons (Fsp3) is 0.524. The number of carbonyl (C=O) groups is 3. The summed E-state index contributed by atoms with van der Waals surface area (Å²) >= 11 is 0. The molecular formula is C42H57N3O12. The van der Waals surface area contributed by atoms with Crippen molar-refractivity contribution in [3.05, 3.63) is 52.8 Å². The smallest absolute Gasteiger partial charge is 0.312 e. The molecule has 1 amide bonds. The van der Waals surface area contributed by atoms with Gasteiger partial charge in [-0.05, 0) is 33.8 Å². The maximum Gasteiger partial charge on any atom is 0.312 e. The SMILES string of the molecule is CCN(CC)/N=C/c1c2c(O)c3c(O)c(C)c4c(c3c1O)C(=O)[C@@](C)(O/C=C/[C@H](OC)[C@@H](C)[C@@H](OC(C)=O)[C@H](C)[C@H](O)[C@H](C)[C@@H](O)[C@@H](C)/C=C/C=C(\C)C(=O)N2)O4. The number of nitrogens with one attached hydrogen (secondary N) is 1. The van der Waals surface area contributed by atoms with Crippen LogP contribution in [0.3, 0.4) is 0 Å². The molecule has 57 heavy (non-hydrogen) atoms. The number of hydrogen-bond acceptors (Lipinski definition) is 14. The first-order chi connectivity index (χ1) is 26.8. The number of phenolic OH excluding ortho intramolecular Hbond substituents is 3. The first kappa shape index (κ1) is 44.6. The van der Waals surface area contributed by atoms with Crippen molar-refractivity contribution in [3.8, 4) is 23.0 Å². The maximum absolute atomic E-state index is 14.4. The number of allylic oxidation sites excluding steroid dienone is 2. The molecule has 0 fully saturated rings. The summed E-state index contributed by atoms with van der Waals surface area (Å²) in [6, 6.07) is 0. The number of Topliss-reactive ketones (excluding diaryl/α,β-unsaturated/α-hetero) is 1. The van der Waals surface area contributed by atoms with Crippen LogP contribution in [0.5, 0.6) is 23.0 Å². The highest BCUT2D eigenvalue weighted by molar-refractivity contribution is 6.23. The standard InChI is InChI=1S/C42H57N3O12/c1-12-45(13-2)43-19-27-32-37(51)30-29(36(27)50)31-39(25(8)35(30)49)57-42(10,40(31)52)55-18-17-28(54-11)22(5)38(56-26(9)46)24(7)34(48)23(6)33(47)20(3)15-14-16-21(4)41(53)44-32/h14-20,22-24,28,33-34,38,47-51H,12-13H2,1-11H3,(H,44,53)/b15-14+,18-17+,21-16+,43-19+/t20-,22+,23+,24+,28-,33-,34+,38+,42-/m0/s1. The number of amides is 1. The Morgan fingerprint density at radius 2 is 1.61 bits per heavy atom. The second-order valence-corrected chi connectivity index (χ2v) is 15.0. The summed E-state index contributed by atoms with van der Waals surface area (Å²) in [4.78, 5) is 40.3. The van der Waals surface area contributed by atoms with Crippen LogP contribution in [0.25, 0.3) is 10.8 Å². The van der Waals surface area contributed by atoms with E-state index in [1.165, 1.54) is 59.4 Å². The van der Waals surface area contributed by atoms with Gasteiger partial charge in [-0.25, -0.2) is 0 Å². The topological polar surface area (TPSA) is 217 Å². The number of esters is 1. The van der Waals surface area contributed by atoms with E-state index in [2.05, 4.69) is 10.4 Å². The van der Waals surface area contributed by atoms with Crippen molar-refractivity contribution in [3.63, 3.8) is 0 Å². The average molecular weight is 796 g/mol. The van der Waals surface area contributed by atoms with Gasteiger partial charge in [0.05, 0.1) is 53.0 Å². The van der Waals surface area contributed by atoms with E-state index in [9.17, 15) is 39.9 Å². The van der Waals surface area contributed by atoms with Gasteiger partial charge in [0.1, 0.15) is 23.4 Å². The first-order valence-electron chi connectivity index (χ1n) is 19.1. The largest absolute Gasteiger partial charge is 0.507 e. The molecule has 0 unspecified atom stereocenters. The van der Waals surface area contributed by atoms with Gasteiger partial charge in [-0.2, -0.15) is 5.10 Å². The number of anilines is 1. The van der Waals surface area contributed by atoms with E-state index in [4.69, 9.17) is 18.9 Å². The van der Waals surface area contributed by atoms with Crippen LogP contribution in [0.1, 0.15) is 83.8 Å². The number of rotatable bonds is 6. The van der Waals surface area contributed by atoms with Crippen LogP contribution in [0.15, 0.2) is 41.2 Å². The predicted molar refractivity (Wildman–Crippen MR) is 214 cm³/mol. The highest BCUT2D eigenvalue weighted by Gasteiger charge is 2.50. The first-order valence-corrected chi connectivity index (χ1v) is 19.1. The molecule has 0 saturated carbocycles. The molecule has 0 radical (unpaired) electrons. The van der Waals surface area contributed by atoms with Crippen LogP contribution in [0, 0.1) is 30.6 Å². The van der Waals surface area contributed by atoms with Crippen molar-refractivity contribution >= 4 is 40.3 Å². The molecule has 5 bridgehead atoms. The summed E-state index contributed by atoms with van der Waals surface area (Å²) < 4.78 is 23.5. The van der Waals surface area contributed by atoms with Crippen molar-refractivity contribution in [1.29, 1.82) is 0 Å². The maximum atomic E-state index is 14.4. The number of benzene rings is 2. The molecule has 2 aromatic rings. The van der Waals surface area contributed by atoms with Crippen molar-refractivity contribution in [2.45, 2.75) is 99.4 Å². The lowest BCUT2D eigenvalue weighted by atomic mass is 9.78. The third-order valence-electron chi connectivity index (χ3n) is 11.1. The molecule has 6 N–H and O–H groups in total. The number of aliphatic hydroxyl groups excluding tert-OH is 2. The highest BCUT2D eigenvalue weighted by atomic mass is 16.7. The van der Waals surface area contributed by atoms with Crippen LogP contribution in [0.4, 0.5) is 5.69 Å². The average Bonchev–Trinajstić information content (AvgIpc) is 3.44. The Balaban J connectivity index is 1.99. The van der Waals surface area contributed by atoms with Crippen LogP contribution in [-0.4, -0.2) is 105 Å². The zero-order valence-corrected chi connectivity index (χ0v) is 34.5. The minimum Gasteiger partial charge on any atom is -0.507 e. The molecule has 9 atom stereocenters. The normalized spacial score (nSPS) is 30.7. The number of nitrogens with zero attached hydrogens (tertiary/aromatic N) is 2. The number of ether oxygens (including phenoxy) is 4. The molecule has 0 saturated heterocycles. The van der Waals surface area contributed by atoms with Crippen molar-refractivity contribution in [2.75, 3.05) is 25.5 Å². The molecule has 5 rings (SSSR count). The van der Waals surface area contributed by atoms with Crippen LogP contribution < -0.4 is 10.1 Å². The van der Waals surface area contributed by atoms with E-state index >= 15 is 0 Å². The zero-order valence-electron chi connectivity index (χ0n) is 34.5. The van der Waals surface area contributed by atoms with Crippen molar-refractivity contribution < 1.29 is 58.9 Å². The number of aromatic hydroxyl groups is 3. The van der Waals surface area contributed by atoms with E-state index in [-0.39, 0.29) is 44.5 Å². The summed E-state index contributed by atoms with van der Waals surface area (Å²) in [6.07, 6.45) is 4.79. The lowest BCUT2D eigenvalue weighted by molar-refractivity contribution is -0.160. The molecule has 0 aromatic heterocycles. The minimum atomic E-state index is -2.04. The van der Waals surface area contributed by atoms with Gasteiger partial charge in [-0.15, -0.1) is 0 Å². The van der Waals surface area contributed by atoms with E-state index < -0.39 is 88.8 Å². The van der Waals surface area contributed by atoms with E-state index in [1.807, 2.05) is 13.8 Å². The molecule has 3 aliphatic rings. The van der Waals surface area contributed by atoms with Gasteiger partial charge in [0.2, 0.25) is 0 Å². The second-order valence-electron chi connectivity index (χ2n) is 15.0. The van der Waals surface area contributed by atoms with E-state index in [0.29, 0.717) is 13.1 Å². The summed E-state index contributed by atoms with van der Waals surface area (Å²) in [7, 11) is 1.43. The van der Waals surface area contributed by atoms with E-state index in [1.54, 1.807) is 44.9 Å². The summed E-state index contributed by atoms with van der Waals surface area (Å²) in [5.41, 5.74) is -0.392. The van der Waals surface area contributed by atoms with Gasteiger partial charge < -0.3 is 49.8 Å². The molecule has 0 spiro atoms. The highest BCUT2D eigenvalue weighted by Crippen LogP contribution is 2.55. The van der Waals surface area contributed by atoms with Crippen LogP contribution in [-0.2, 0) is 23.8 Å². The Morgan fingerprint density at radius 1 is 0.965 bits per heavy atom. The minimum absolute atomic E-state index is 0.0520. The Labute approximate surface area is 333 Å². The summed E-state index contributed by atoms with van der Waals surface area (Å²) in [5, 5.41) is 66.3. The quantitative estimate of drug-likeness (QED) is 0.0708. The second kappa shape index (κ2) is 18.0. The summed E-state index contributed by atoms with van der Waals surface area (Å²) in [6.45, 7) is 17.2. The summed E-state index contributed by atoms with van der Waals surface area (Å²) in [5.74, 6) is -8.38. The molecular weight excluding hydrogens is 738 g/mol. The number of fused-ring (bicyclic) bond motifs is 14. The predicted octanol–water partition coefficient (Wildman–Crippen LogP) is 5.43. The van der Waals surface area contributed by atoms with Crippen LogP contribution >= 0.6 is 0 Å². The number of phenols is 3. The molecule has 0 aliphatic carbocycles. The Morgan fingerprint density at radius 3 is 2.21 bits per heavy atom. The number of hydrogen-bond donors (Lipinski definition) is 6. The van der Waals surface area contributed by atoms with Gasteiger partial charge in [0.25, 0.3) is 11.7 Å². The number of hydrazone groups is 1. The Bertz CT molecular complexity index is 1990. The monoisotopic (exact) mass is 795 g/mol. The number of aliphatic hydroxyl groups is 2. The molecule has 2 aromatic carbocycles. The molecule has 3 aliphatic heterocycles. The fourth-order valence-electron chi connectivity index (χ4n) is 7.40. The van der Waals surface area contributed by atoms with Crippen molar-refractivity contribution in [2.24, 2.45) is 28.8 Å². The van der Waals surface area contributed by atoms with Gasteiger partial charge in [0.15, 0.2) is 5.75 Å². The van der Waals surface area contributed by atoms with Crippen molar-refractivity contribution in [1.82, 2.24) is 5.01 Å². The fourth-order valence-corrected chi connectivity index (χ4v) is 7.40. The van der Waals surface area contributed by atoms with Gasteiger partial charge in [0, 0.05) is 74.2 Å². The molecule has 312 valence electrons. The van der Waals surface area contributed by atoms with Gasteiger partial charge >= 0.3 is 11.8 Å². The zero-order chi connectivity index (χ0) is 42.7. The van der Waals surface area contributed by atoms with Gasteiger partial charge in [-0.3, -0.25) is 19.4 Å². The Hall–Kier alpha value is -5.12. The number of ketones is 1. The molecule has 3 heterocycles. The lowest BCUT2D eigenvalue weighted by Gasteiger charge is -2.38. The third-order valence-corrected chi connectivity index (χ3v) is 11.1. The van der Waals surface area contributed by atoms with E-state index in [0.717, 1.165) is 0 Å². The van der Waals surface area contributed by atoms with Gasteiger partial charge in [-0.1, -0.05) is 45.9 Å². The molecule has 15 heteroatoms. The number of methoxy groups -OCH3 is 1. The molecule has 15 nitrogen and oxygen atoms in total. The lowest BCUT2D eigenvalue weighted by Crippen LogP contribution is -2.46. The number of carbonyl (C=O) groups excluding carboxylic acids is 3. The Kier molecular flexibility index (Phi) is 14.1.